The van der Waals surface area contributed by atoms with Gasteiger partial charge in [-0.1, -0.05) is 35.9 Å². The lowest BCUT2D eigenvalue weighted by atomic mass is 9.94. The van der Waals surface area contributed by atoms with Crippen LogP contribution in [-0.2, 0) is 11.3 Å². The van der Waals surface area contributed by atoms with E-state index in [1.165, 1.54) is 12.7 Å². The molecule has 0 bridgehead atoms. The molecule has 2 amide bonds. The van der Waals surface area contributed by atoms with Crippen molar-refractivity contribution in [1.29, 1.82) is 0 Å². The second-order valence-corrected chi connectivity index (χ2v) is 7.97. The molecule has 1 aliphatic rings. The smallest absolute Gasteiger partial charge is 0.257 e. The van der Waals surface area contributed by atoms with Crippen molar-refractivity contribution in [3.63, 3.8) is 0 Å². The second kappa shape index (κ2) is 9.31. The van der Waals surface area contributed by atoms with E-state index in [4.69, 9.17) is 16.3 Å². The number of hydrogen-bond donors (Lipinski definition) is 0. The Morgan fingerprint density at radius 1 is 1.17 bits per heavy atom. The number of halogens is 1. The summed E-state index contributed by atoms with van der Waals surface area (Å²) in [4.78, 5) is 29.4. The molecule has 0 aromatic heterocycles. The van der Waals surface area contributed by atoms with Gasteiger partial charge in [-0.15, -0.1) is 0 Å². The van der Waals surface area contributed by atoms with Gasteiger partial charge in [0, 0.05) is 37.6 Å². The zero-order chi connectivity index (χ0) is 21.0. The molecule has 2 aromatic rings. The molecule has 154 valence electrons. The minimum atomic E-state index is -0.108. The van der Waals surface area contributed by atoms with Crippen molar-refractivity contribution in [2.24, 2.45) is 5.92 Å². The average Bonchev–Trinajstić information content (AvgIpc) is 2.74. The minimum Gasteiger partial charge on any atom is -0.496 e. The highest BCUT2D eigenvalue weighted by Crippen LogP contribution is 2.27. The van der Waals surface area contributed by atoms with Crippen LogP contribution in [0.15, 0.2) is 42.5 Å². The monoisotopic (exact) mass is 414 g/mol. The molecule has 6 heteroatoms. The van der Waals surface area contributed by atoms with Crippen LogP contribution in [-0.4, -0.2) is 48.9 Å². The van der Waals surface area contributed by atoms with Crippen LogP contribution in [0.2, 0.25) is 5.02 Å². The Morgan fingerprint density at radius 3 is 2.52 bits per heavy atom. The summed E-state index contributed by atoms with van der Waals surface area (Å²) >= 11 is 6.06. The van der Waals surface area contributed by atoms with Gasteiger partial charge in [0.2, 0.25) is 5.91 Å². The molecule has 0 saturated carbocycles. The molecule has 0 radical (unpaired) electrons. The number of carbonyl (C=O) groups is 2. The number of carbonyl (C=O) groups excluding carboxylic acids is 2. The van der Waals surface area contributed by atoms with Crippen molar-refractivity contribution in [1.82, 2.24) is 9.80 Å². The Labute approximate surface area is 177 Å². The molecule has 0 aliphatic carbocycles. The summed E-state index contributed by atoms with van der Waals surface area (Å²) in [5.41, 5.74) is 2.80. The van der Waals surface area contributed by atoms with Crippen LogP contribution in [0.25, 0.3) is 0 Å². The van der Waals surface area contributed by atoms with Gasteiger partial charge in [0.15, 0.2) is 0 Å². The molecule has 5 nitrogen and oxygen atoms in total. The quantitative estimate of drug-likeness (QED) is 0.737. The summed E-state index contributed by atoms with van der Waals surface area (Å²) in [6, 6.07) is 13.1. The van der Waals surface area contributed by atoms with Crippen molar-refractivity contribution in [3.05, 3.63) is 64.2 Å². The maximum atomic E-state index is 12.9. The van der Waals surface area contributed by atoms with Gasteiger partial charge < -0.3 is 14.5 Å². The van der Waals surface area contributed by atoms with E-state index in [9.17, 15) is 9.59 Å². The lowest BCUT2D eigenvalue weighted by Gasteiger charge is -2.33. The molecule has 1 heterocycles. The van der Waals surface area contributed by atoms with E-state index in [0.29, 0.717) is 48.8 Å². The third-order valence-corrected chi connectivity index (χ3v) is 5.80. The van der Waals surface area contributed by atoms with E-state index >= 15 is 0 Å². The molecular weight excluding hydrogens is 388 g/mol. The molecule has 2 aromatic carbocycles. The van der Waals surface area contributed by atoms with Crippen LogP contribution >= 0.6 is 11.6 Å². The fourth-order valence-corrected chi connectivity index (χ4v) is 3.95. The molecular formula is C23H27ClN2O3. The predicted octanol–water partition coefficient (Wildman–Crippen LogP) is 4.17. The molecule has 0 N–H and O–H groups in total. The Hall–Kier alpha value is -2.53. The largest absolute Gasteiger partial charge is 0.496 e. The Bertz CT molecular complexity index is 891. The van der Waals surface area contributed by atoms with Crippen LogP contribution in [0.5, 0.6) is 5.75 Å². The Balaban J connectivity index is 1.60. The summed E-state index contributed by atoms with van der Waals surface area (Å²) in [6.45, 7) is 3.75. The van der Waals surface area contributed by atoms with Gasteiger partial charge in [-0.3, -0.25) is 9.59 Å². The number of benzene rings is 2. The minimum absolute atomic E-state index is 0.0608. The summed E-state index contributed by atoms with van der Waals surface area (Å²) in [7, 11) is 3.39. The van der Waals surface area contributed by atoms with Crippen molar-refractivity contribution < 1.29 is 14.3 Å². The summed E-state index contributed by atoms with van der Waals surface area (Å²) in [6.07, 6.45) is 1.32. The summed E-state index contributed by atoms with van der Waals surface area (Å²) in [5.74, 6) is 0.481. The predicted molar refractivity (Wildman–Crippen MR) is 114 cm³/mol. The fourth-order valence-electron chi connectivity index (χ4n) is 3.78. The van der Waals surface area contributed by atoms with Crippen molar-refractivity contribution in [2.75, 3.05) is 27.2 Å². The highest BCUT2D eigenvalue weighted by atomic mass is 35.5. The first-order chi connectivity index (χ1) is 13.9. The van der Waals surface area contributed by atoms with E-state index < -0.39 is 0 Å². The van der Waals surface area contributed by atoms with Gasteiger partial charge in [-0.05, 0) is 49.1 Å². The Kier molecular flexibility index (Phi) is 6.80. The standard InChI is InChI=1S/C23H27ClN2O3/c1-16-6-4-5-7-18(16)15-25(2)22(27)17-10-12-26(13-11-17)23(28)20-14-19(24)8-9-21(20)29-3/h4-9,14,17H,10-13,15H2,1-3H3. The van der Waals surface area contributed by atoms with Gasteiger partial charge >= 0.3 is 0 Å². The van der Waals surface area contributed by atoms with Gasteiger partial charge in [0.1, 0.15) is 5.75 Å². The average molecular weight is 415 g/mol. The van der Waals surface area contributed by atoms with E-state index in [0.717, 1.165) is 5.56 Å². The van der Waals surface area contributed by atoms with Crippen LogP contribution in [0.3, 0.4) is 0 Å². The number of rotatable bonds is 5. The molecule has 3 rings (SSSR count). The number of hydrogen-bond acceptors (Lipinski definition) is 3. The topological polar surface area (TPSA) is 49.9 Å². The molecule has 29 heavy (non-hydrogen) atoms. The number of nitrogens with zero attached hydrogens (tertiary/aromatic N) is 2. The molecule has 0 unspecified atom stereocenters. The zero-order valence-corrected chi connectivity index (χ0v) is 17.9. The first kappa shape index (κ1) is 21.2. The SMILES string of the molecule is COc1ccc(Cl)cc1C(=O)N1CCC(C(=O)N(C)Cc2ccccc2C)CC1. The summed E-state index contributed by atoms with van der Waals surface area (Å²) < 4.78 is 5.30. The van der Waals surface area contributed by atoms with Gasteiger partial charge in [0.05, 0.1) is 12.7 Å². The highest BCUT2D eigenvalue weighted by Gasteiger charge is 2.30. The molecule has 0 atom stereocenters. The maximum absolute atomic E-state index is 12.9. The van der Waals surface area contributed by atoms with Crippen LogP contribution in [0.4, 0.5) is 0 Å². The molecule has 1 saturated heterocycles. The van der Waals surface area contributed by atoms with Crippen molar-refractivity contribution in [2.45, 2.75) is 26.3 Å². The normalized spacial score (nSPS) is 14.6. The number of aryl methyl sites for hydroxylation is 1. The summed E-state index contributed by atoms with van der Waals surface area (Å²) in [5, 5.41) is 0.497. The van der Waals surface area contributed by atoms with Gasteiger partial charge in [-0.25, -0.2) is 0 Å². The van der Waals surface area contributed by atoms with E-state index in [1.54, 1.807) is 28.0 Å². The third kappa shape index (κ3) is 4.91. The number of likely N-dealkylation sites (tertiary alicyclic amines) is 1. The number of piperidine rings is 1. The van der Waals surface area contributed by atoms with E-state index in [-0.39, 0.29) is 17.7 Å². The lowest BCUT2D eigenvalue weighted by molar-refractivity contribution is -0.136. The highest BCUT2D eigenvalue weighted by molar-refractivity contribution is 6.31. The first-order valence-electron chi connectivity index (χ1n) is 9.83. The van der Waals surface area contributed by atoms with Crippen LogP contribution < -0.4 is 4.74 Å². The van der Waals surface area contributed by atoms with Gasteiger partial charge in [-0.2, -0.15) is 0 Å². The van der Waals surface area contributed by atoms with Crippen molar-refractivity contribution in [3.8, 4) is 5.75 Å². The fraction of sp³-hybridized carbons (Fsp3) is 0.391. The van der Waals surface area contributed by atoms with Crippen molar-refractivity contribution >= 4 is 23.4 Å². The number of ether oxygens (including phenoxy) is 1. The third-order valence-electron chi connectivity index (χ3n) is 5.57. The zero-order valence-electron chi connectivity index (χ0n) is 17.2. The molecule has 0 spiro atoms. The van der Waals surface area contributed by atoms with Gasteiger partial charge in [0.25, 0.3) is 5.91 Å². The molecule has 1 aliphatic heterocycles. The maximum Gasteiger partial charge on any atom is 0.257 e. The van der Waals surface area contributed by atoms with Crippen LogP contribution in [0.1, 0.15) is 34.3 Å². The lowest BCUT2D eigenvalue weighted by Crippen LogP contribution is -2.43. The van der Waals surface area contributed by atoms with E-state index in [2.05, 4.69) is 19.1 Å². The number of amides is 2. The number of methoxy groups -OCH3 is 1. The second-order valence-electron chi connectivity index (χ2n) is 7.53. The first-order valence-corrected chi connectivity index (χ1v) is 10.2. The Morgan fingerprint density at radius 2 is 1.86 bits per heavy atom. The van der Waals surface area contributed by atoms with Crippen LogP contribution in [0, 0.1) is 12.8 Å². The molecule has 1 fully saturated rings. The van der Waals surface area contributed by atoms with E-state index in [1.807, 2.05) is 19.2 Å².